The number of piperazine rings is 1. The number of hydrogen-bond donors (Lipinski definition) is 1. The van der Waals surface area contributed by atoms with Gasteiger partial charge in [-0.2, -0.15) is 0 Å². The summed E-state index contributed by atoms with van der Waals surface area (Å²) in [6, 6.07) is 11.6. The monoisotopic (exact) mass is 232 g/mol. The summed E-state index contributed by atoms with van der Waals surface area (Å²) in [5.41, 5.74) is 1.44. The highest BCUT2D eigenvalue weighted by Gasteiger charge is 2.21. The predicted molar refractivity (Wildman–Crippen MR) is 73.0 cm³/mol. The van der Waals surface area contributed by atoms with Crippen molar-refractivity contribution in [3.8, 4) is 0 Å². The minimum absolute atomic E-state index is 0.726. The normalized spacial score (nSPS) is 21.6. The fraction of sp³-hybridized carbons (Fsp3) is 0.600. The Bertz CT molecular complexity index is 310. The van der Waals surface area contributed by atoms with E-state index in [2.05, 4.69) is 47.5 Å². The van der Waals surface area contributed by atoms with Crippen LogP contribution < -0.4 is 5.32 Å². The zero-order chi connectivity index (χ0) is 11.9. The zero-order valence-corrected chi connectivity index (χ0v) is 10.9. The Morgan fingerprint density at radius 2 is 2.12 bits per heavy atom. The van der Waals surface area contributed by atoms with Gasteiger partial charge in [-0.3, -0.25) is 4.90 Å². The van der Waals surface area contributed by atoms with Crippen LogP contribution in [0.15, 0.2) is 30.3 Å². The van der Waals surface area contributed by atoms with Crippen LogP contribution in [0.5, 0.6) is 0 Å². The molecular formula is C15H24N2. The van der Waals surface area contributed by atoms with Gasteiger partial charge in [0, 0.05) is 32.2 Å². The molecule has 1 saturated heterocycles. The van der Waals surface area contributed by atoms with E-state index in [9.17, 15) is 0 Å². The van der Waals surface area contributed by atoms with Crippen LogP contribution in [0, 0.1) is 0 Å². The summed E-state index contributed by atoms with van der Waals surface area (Å²) < 4.78 is 0. The van der Waals surface area contributed by atoms with Gasteiger partial charge in [-0.25, -0.2) is 0 Å². The molecule has 1 aromatic carbocycles. The summed E-state index contributed by atoms with van der Waals surface area (Å²) in [6.07, 6.45) is 3.98. The van der Waals surface area contributed by atoms with E-state index in [4.69, 9.17) is 0 Å². The first kappa shape index (κ1) is 12.6. The van der Waals surface area contributed by atoms with Crippen molar-refractivity contribution in [3.63, 3.8) is 0 Å². The van der Waals surface area contributed by atoms with Crippen molar-refractivity contribution >= 4 is 0 Å². The highest BCUT2D eigenvalue weighted by atomic mass is 15.2. The third-order valence-electron chi connectivity index (χ3n) is 3.59. The zero-order valence-electron chi connectivity index (χ0n) is 10.9. The second-order valence-corrected chi connectivity index (χ2v) is 4.96. The van der Waals surface area contributed by atoms with E-state index in [1.807, 2.05) is 0 Å². The van der Waals surface area contributed by atoms with Crippen molar-refractivity contribution in [2.45, 2.75) is 38.8 Å². The molecule has 0 spiro atoms. The van der Waals surface area contributed by atoms with Crippen LogP contribution in [0.1, 0.15) is 31.7 Å². The van der Waals surface area contributed by atoms with Crippen LogP contribution in [-0.4, -0.2) is 30.6 Å². The van der Waals surface area contributed by atoms with Crippen LogP contribution in [0.25, 0.3) is 0 Å². The molecule has 1 N–H and O–H groups in total. The van der Waals surface area contributed by atoms with Crippen LogP contribution in [0.2, 0.25) is 0 Å². The number of nitrogens with one attached hydrogen (secondary N) is 1. The van der Waals surface area contributed by atoms with Gasteiger partial charge in [0.2, 0.25) is 0 Å². The van der Waals surface area contributed by atoms with Crippen LogP contribution >= 0.6 is 0 Å². The van der Waals surface area contributed by atoms with E-state index in [0.717, 1.165) is 25.7 Å². The van der Waals surface area contributed by atoms with Gasteiger partial charge in [0.15, 0.2) is 0 Å². The van der Waals surface area contributed by atoms with Gasteiger partial charge in [0.1, 0.15) is 0 Å². The molecule has 94 valence electrons. The predicted octanol–water partition coefficient (Wildman–Crippen LogP) is 2.65. The molecular weight excluding hydrogens is 208 g/mol. The van der Waals surface area contributed by atoms with Gasteiger partial charge in [-0.1, -0.05) is 50.1 Å². The summed E-state index contributed by atoms with van der Waals surface area (Å²) in [5.74, 6) is 0. The smallest absolute Gasteiger partial charge is 0.0237 e. The van der Waals surface area contributed by atoms with Crippen molar-refractivity contribution in [1.82, 2.24) is 10.2 Å². The summed E-state index contributed by atoms with van der Waals surface area (Å²) in [6.45, 7) is 6.86. The molecule has 2 rings (SSSR count). The van der Waals surface area contributed by atoms with Crippen molar-refractivity contribution < 1.29 is 0 Å². The van der Waals surface area contributed by atoms with E-state index < -0.39 is 0 Å². The molecule has 1 aromatic rings. The number of unbranched alkanes of at least 4 members (excludes halogenated alkanes) is 1. The molecule has 2 heteroatoms. The van der Waals surface area contributed by atoms with Crippen molar-refractivity contribution in [1.29, 1.82) is 0 Å². The van der Waals surface area contributed by atoms with Crippen LogP contribution in [-0.2, 0) is 6.54 Å². The quantitative estimate of drug-likeness (QED) is 0.839. The maximum atomic E-state index is 3.52. The average Bonchev–Trinajstić information content (AvgIpc) is 2.39. The second-order valence-electron chi connectivity index (χ2n) is 4.96. The molecule has 0 bridgehead atoms. The molecule has 0 aliphatic carbocycles. The van der Waals surface area contributed by atoms with Gasteiger partial charge in [-0.15, -0.1) is 0 Å². The van der Waals surface area contributed by atoms with E-state index >= 15 is 0 Å². The van der Waals surface area contributed by atoms with Crippen molar-refractivity contribution in [2.75, 3.05) is 19.6 Å². The molecule has 0 radical (unpaired) electrons. The van der Waals surface area contributed by atoms with Crippen LogP contribution in [0.3, 0.4) is 0 Å². The Morgan fingerprint density at radius 1 is 1.29 bits per heavy atom. The Hall–Kier alpha value is -0.860. The van der Waals surface area contributed by atoms with Gasteiger partial charge in [0.25, 0.3) is 0 Å². The molecule has 1 heterocycles. The van der Waals surface area contributed by atoms with Gasteiger partial charge in [-0.05, 0) is 12.0 Å². The Balaban J connectivity index is 1.92. The lowest BCUT2D eigenvalue weighted by Crippen LogP contribution is -2.50. The topological polar surface area (TPSA) is 15.3 Å². The number of benzene rings is 1. The fourth-order valence-electron chi connectivity index (χ4n) is 2.55. The minimum atomic E-state index is 0.726. The lowest BCUT2D eigenvalue weighted by molar-refractivity contribution is 0.143. The standard InChI is InChI=1S/C15H24N2/c1-2-3-9-15-12-16-10-11-17(15)13-14-7-5-4-6-8-14/h4-8,15-16H,2-3,9-13H2,1H3. The molecule has 2 nitrogen and oxygen atoms in total. The maximum absolute atomic E-state index is 3.52. The molecule has 1 atom stereocenters. The lowest BCUT2D eigenvalue weighted by Gasteiger charge is -2.36. The summed E-state index contributed by atoms with van der Waals surface area (Å²) in [5, 5.41) is 3.52. The number of hydrogen-bond acceptors (Lipinski definition) is 2. The van der Waals surface area contributed by atoms with Gasteiger partial charge < -0.3 is 5.32 Å². The van der Waals surface area contributed by atoms with Gasteiger partial charge in [0.05, 0.1) is 0 Å². The van der Waals surface area contributed by atoms with Gasteiger partial charge >= 0.3 is 0 Å². The Labute approximate surface area is 105 Å². The molecule has 1 fully saturated rings. The van der Waals surface area contributed by atoms with E-state index in [1.54, 1.807) is 0 Å². The fourth-order valence-corrected chi connectivity index (χ4v) is 2.55. The first-order chi connectivity index (χ1) is 8.40. The maximum Gasteiger partial charge on any atom is 0.0237 e. The highest BCUT2D eigenvalue weighted by molar-refractivity contribution is 5.14. The van der Waals surface area contributed by atoms with Crippen LogP contribution in [0.4, 0.5) is 0 Å². The Kier molecular flexibility index (Phi) is 5.02. The lowest BCUT2D eigenvalue weighted by atomic mass is 10.0. The Morgan fingerprint density at radius 3 is 2.88 bits per heavy atom. The highest BCUT2D eigenvalue weighted by Crippen LogP contribution is 2.14. The van der Waals surface area contributed by atoms with Crippen molar-refractivity contribution in [2.24, 2.45) is 0 Å². The van der Waals surface area contributed by atoms with E-state index in [-0.39, 0.29) is 0 Å². The summed E-state index contributed by atoms with van der Waals surface area (Å²) in [7, 11) is 0. The molecule has 1 unspecified atom stereocenters. The van der Waals surface area contributed by atoms with Crippen molar-refractivity contribution in [3.05, 3.63) is 35.9 Å². The summed E-state index contributed by atoms with van der Waals surface area (Å²) >= 11 is 0. The first-order valence-corrected chi connectivity index (χ1v) is 6.89. The summed E-state index contributed by atoms with van der Waals surface area (Å²) in [4.78, 5) is 2.64. The minimum Gasteiger partial charge on any atom is -0.314 e. The number of nitrogens with zero attached hydrogens (tertiary/aromatic N) is 1. The molecule has 0 aromatic heterocycles. The third kappa shape index (κ3) is 3.83. The van der Waals surface area contributed by atoms with E-state index in [1.165, 1.54) is 31.4 Å². The van der Waals surface area contributed by atoms with E-state index in [0.29, 0.717) is 0 Å². The molecule has 0 amide bonds. The first-order valence-electron chi connectivity index (χ1n) is 6.89. The second kappa shape index (κ2) is 6.77. The largest absolute Gasteiger partial charge is 0.314 e. The average molecular weight is 232 g/mol. The molecule has 1 aliphatic heterocycles. The molecule has 17 heavy (non-hydrogen) atoms. The number of rotatable bonds is 5. The SMILES string of the molecule is CCCCC1CNCCN1Cc1ccccc1. The molecule has 0 saturated carbocycles. The third-order valence-corrected chi connectivity index (χ3v) is 3.59. The molecule has 1 aliphatic rings.